The molecular formula is C21H22ClNO3. The van der Waals surface area contributed by atoms with Crippen molar-refractivity contribution in [2.45, 2.75) is 44.1 Å². The van der Waals surface area contributed by atoms with E-state index in [1.54, 1.807) is 0 Å². The van der Waals surface area contributed by atoms with Crippen LogP contribution < -0.4 is 14.8 Å². The minimum Gasteiger partial charge on any atom is -0.454 e. The number of nitrogens with one attached hydrogen (secondary N) is 1. The number of ether oxygens (including phenoxy) is 2. The molecule has 1 heterocycles. The van der Waals surface area contributed by atoms with E-state index in [4.69, 9.17) is 21.1 Å². The molecule has 26 heavy (non-hydrogen) atoms. The Morgan fingerprint density at radius 3 is 2.65 bits per heavy atom. The number of hydrogen-bond donors (Lipinski definition) is 1. The highest BCUT2D eigenvalue weighted by atomic mass is 35.5. The van der Waals surface area contributed by atoms with Crippen LogP contribution in [0.25, 0.3) is 0 Å². The van der Waals surface area contributed by atoms with E-state index in [0.29, 0.717) is 5.02 Å². The number of benzene rings is 2. The van der Waals surface area contributed by atoms with Crippen LogP contribution in [0.4, 0.5) is 0 Å². The highest BCUT2D eigenvalue weighted by Gasteiger charge is 2.43. The third-order valence-electron chi connectivity index (χ3n) is 5.51. The Bertz CT molecular complexity index is 830. The summed E-state index contributed by atoms with van der Waals surface area (Å²) in [7, 11) is 0. The number of carbonyl (C=O) groups excluding carboxylic acids is 1. The monoisotopic (exact) mass is 371 g/mol. The first-order chi connectivity index (χ1) is 12.6. The summed E-state index contributed by atoms with van der Waals surface area (Å²) in [6.07, 6.45) is 3.82. The van der Waals surface area contributed by atoms with E-state index in [0.717, 1.165) is 48.3 Å². The van der Waals surface area contributed by atoms with E-state index < -0.39 is 5.41 Å². The summed E-state index contributed by atoms with van der Waals surface area (Å²) in [6.45, 7) is 2.24. The molecule has 136 valence electrons. The molecule has 1 atom stereocenters. The van der Waals surface area contributed by atoms with Crippen LogP contribution in [-0.4, -0.2) is 12.7 Å². The molecule has 2 aliphatic rings. The van der Waals surface area contributed by atoms with Crippen LogP contribution in [0.1, 0.15) is 49.8 Å². The molecule has 1 N–H and O–H groups in total. The van der Waals surface area contributed by atoms with Gasteiger partial charge in [-0.1, -0.05) is 42.6 Å². The van der Waals surface area contributed by atoms with E-state index in [1.807, 2.05) is 49.4 Å². The van der Waals surface area contributed by atoms with Gasteiger partial charge in [0.25, 0.3) is 0 Å². The third-order valence-corrected chi connectivity index (χ3v) is 5.75. The summed E-state index contributed by atoms with van der Waals surface area (Å²) < 4.78 is 10.8. The fourth-order valence-electron chi connectivity index (χ4n) is 4.01. The van der Waals surface area contributed by atoms with Crippen molar-refractivity contribution in [3.63, 3.8) is 0 Å². The second kappa shape index (κ2) is 6.84. The molecular weight excluding hydrogens is 350 g/mol. The van der Waals surface area contributed by atoms with Gasteiger partial charge in [0.2, 0.25) is 12.7 Å². The summed E-state index contributed by atoms with van der Waals surface area (Å²) in [6, 6.07) is 13.4. The van der Waals surface area contributed by atoms with Gasteiger partial charge in [0.05, 0.1) is 11.5 Å². The summed E-state index contributed by atoms with van der Waals surface area (Å²) in [4.78, 5) is 13.3. The van der Waals surface area contributed by atoms with E-state index in [1.165, 1.54) is 0 Å². The number of amides is 1. The highest BCUT2D eigenvalue weighted by molar-refractivity contribution is 6.30. The Kier molecular flexibility index (Phi) is 4.53. The lowest BCUT2D eigenvalue weighted by atomic mass is 9.77. The van der Waals surface area contributed by atoms with Crippen molar-refractivity contribution >= 4 is 17.5 Å². The second-order valence-corrected chi connectivity index (χ2v) is 7.54. The van der Waals surface area contributed by atoms with Crippen LogP contribution in [0.15, 0.2) is 42.5 Å². The molecule has 1 saturated carbocycles. The van der Waals surface area contributed by atoms with E-state index >= 15 is 0 Å². The molecule has 0 spiro atoms. The topological polar surface area (TPSA) is 47.6 Å². The van der Waals surface area contributed by atoms with Crippen molar-refractivity contribution < 1.29 is 14.3 Å². The predicted molar refractivity (Wildman–Crippen MR) is 101 cm³/mol. The SMILES string of the molecule is CC(NC(=O)C1(c2cccc(Cl)c2)CCCC1)c1ccc2c(c1)OCO2. The van der Waals surface area contributed by atoms with Crippen LogP contribution in [0, 0.1) is 0 Å². The van der Waals surface area contributed by atoms with Crippen molar-refractivity contribution in [1.82, 2.24) is 5.32 Å². The fraction of sp³-hybridized carbons (Fsp3) is 0.381. The van der Waals surface area contributed by atoms with Crippen molar-refractivity contribution in [1.29, 1.82) is 0 Å². The summed E-state index contributed by atoms with van der Waals surface area (Å²) in [5.41, 5.74) is 1.52. The van der Waals surface area contributed by atoms with E-state index in [-0.39, 0.29) is 18.7 Å². The average molecular weight is 372 g/mol. The maximum absolute atomic E-state index is 13.3. The maximum Gasteiger partial charge on any atom is 0.231 e. The van der Waals surface area contributed by atoms with Crippen LogP contribution in [0.5, 0.6) is 11.5 Å². The molecule has 5 heteroatoms. The Morgan fingerprint density at radius 1 is 1.12 bits per heavy atom. The van der Waals surface area contributed by atoms with Gasteiger partial charge < -0.3 is 14.8 Å². The van der Waals surface area contributed by atoms with Crippen molar-refractivity contribution in [3.05, 3.63) is 58.6 Å². The van der Waals surface area contributed by atoms with Gasteiger partial charge in [-0.3, -0.25) is 4.79 Å². The zero-order chi connectivity index (χ0) is 18.1. The molecule has 0 aromatic heterocycles. The zero-order valence-corrected chi connectivity index (χ0v) is 15.5. The summed E-state index contributed by atoms with van der Waals surface area (Å²) >= 11 is 6.19. The van der Waals surface area contributed by atoms with E-state index in [2.05, 4.69) is 5.32 Å². The molecule has 4 nitrogen and oxygen atoms in total. The highest BCUT2D eigenvalue weighted by Crippen LogP contribution is 2.42. The van der Waals surface area contributed by atoms with Crippen molar-refractivity contribution in [3.8, 4) is 11.5 Å². The maximum atomic E-state index is 13.3. The molecule has 1 fully saturated rings. The first-order valence-corrected chi connectivity index (χ1v) is 9.43. The third kappa shape index (κ3) is 3.03. The summed E-state index contributed by atoms with van der Waals surface area (Å²) in [5, 5.41) is 3.88. The van der Waals surface area contributed by atoms with Gasteiger partial charge in [-0.05, 0) is 55.2 Å². The molecule has 2 aromatic rings. The normalized spacial score (nSPS) is 18.5. The van der Waals surface area contributed by atoms with Crippen LogP contribution >= 0.6 is 11.6 Å². The quantitative estimate of drug-likeness (QED) is 0.843. The van der Waals surface area contributed by atoms with Crippen LogP contribution in [0.3, 0.4) is 0 Å². The minimum absolute atomic E-state index is 0.0717. The Labute approximate surface area is 158 Å². The molecule has 0 bridgehead atoms. The van der Waals surface area contributed by atoms with Gasteiger partial charge in [-0.25, -0.2) is 0 Å². The van der Waals surface area contributed by atoms with Crippen LogP contribution in [0.2, 0.25) is 5.02 Å². The molecule has 1 amide bonds. The zero-order valence-electron chi connectivity index (χ0n) is 14.8. The number of fused-ring (bicyclic) bond motifs is 1. The van der Waals surface area contributed by atoms with Crippen molar-refractivity contribution in [2.75, 3.05) is 6.79 Å². The first-order valence-electron chi connectivity index (χ1n) is 9.05. The van der Waals surface area contributed by atoms with Crippen LogP contribution in [-0.2, 0) is 10.2 Å². The fourth-order valence-corrected chi connectivity index (χ4v) is 4.20. The van der Waals surface area contributed by atoms with Gasteiger partial charge in [-0.2, -0.15) is 0 Å². The lowest BCUT2D eigenvalue weighted by Crippen LogP contribution is -2.43. The smallest absolute Gasteiger partial charge is 0.231 e. The van der Waals surface area contributed by atoms with Gasteiger partial charge in [0.15, 0.2) is 11.5 Å². The number of halogens is 1. The summed E-state index contributed by atoms with van der Waals surface area (Å²) in [5.74, 6) is 1.55. The second-order valence-electron chi connectivity index (χ2n) is 7.11. The van der Waals surface area contributed by atoms with E-state index in [9.17, 15) is 4.79 Å². The van der Waals surface area contributed by atoms with Gasteiger partial charge >= 0.3 is 0 Å². The Balaban J connectivity index is 1.57. The standard InChI is InChI=1S/C21H22ClNO3/c1-14(15-7-8-18-19(11-15)26-13-25-18)23-20(24)21(9-2-3-10-21)16-5-4-6-17(22)12-16/h4-8,11-12,14H,2-3,9-10,13H2,1H3,(H,23,24). The van der Waals surface area contributed by atoms with Crippen molar-refractivity contribution in [2.24, 2.45) is 0 Å². The van der Waals surface area contributed by atoms with Gasteiger partial charge in [-0.15, -0.1) is 0 Å². The molecule has 0 radical (unpaired) electrons. The molecule has 1 aliphatic carbocycles. The molecule has 2 aromatic carbocycles. The number of rotatable bonds is 4. The average Bonchev–Trinajstić information content (AvgIpc) is 3.31. The molecule has 1 aliphatic heterocycles. The molecule has 0 saturated heterocycles. The number of carbonyl (C=O) groups is 1. The largest absolute Gasteiger partial charge is 0.454 e. The Hall–Kier alpha value is -2.20. The molecule has 4 rings (SSSR count). The van der Waals surface area contributed by atoms with Gasteiger partial charge in [0.1, 0.15) is 0 Å². The van der Waals surface area contributed by atoms with Gasteiger partial charge in [0, 0.05) is 5.02 Å². The molecule has 1 unspecified atom stereocenters. The minimum atomic E-state index is -0.491. The first kappa shape index (κ1) is 17.2. The lowest BCUT2D eigenvalue weighted by molar-refractivity contribution is -0.127. The Morgan fingerprint density at radius 2 is 1.88 bits per heavy atom. The number of hydrogen-bond acceptors (Lipinski definition) is 3. The lowest BCUT2D eigenvalue weighted by Gasteiger charge is -2.30. The predicted octanol–water partition coefficient (Wildman–Crippen LogP) is 4.76.